The van der Waals surface area contributed by atoms with Gasteiger partial charge in [0.25, 0.3) is 5.91 Å². The zero-order chi connectivity index (χ0) is 22.8. The topological polar surface area (TPSA) is 68.8 Å². The Kier molecular flexibility index (Phi) is 9.11. The third-order valence-corrected chi connectivity index (χ3v) is 6.01. The van der Waals surface area contributed by atoms with Gasteiger partial charge in [0.15, 0.2) is 5.96 Å². The monoisotopic (exact) mass is 435 g/mol. The lowest BCUT2D eigenvalue weighted by Crippen LogP contribution is -2.51. The van der Waals surface area contributed by atoms with Gasteiger partial charge in [-0.25, -0.2) is 0 Å². The molecule has 1 amide bonds. The van der Waals surface area contributed by atoms with Gasteiger partial charge < -0.3 is 16.0 Å². The first kappa shape index (κ1) is 23.8. The van der Waals surface area contributed by atoms with Crippen LogP contribution in [0.1, 0.15) is 48.2 Å². The zero-order valence-corrected chi connectivity index (χ0v) is 19.6. The highest BCUT2D eigenvalue weighted by Crippen LogP contribution is 2.20. The minimum Gasteiger partial charge on any atom is -0.357 e. The van der Waals surface area contributed by atoms with Gasteiger partial charge in [-0.15, -0.1) is 0 Å². The van der Waals surface area contributed by atoms with Gasteiger partial charge in [-0.1, -0.05) is 42.5 Å². The Balaban J connectivity index is 1.51. The number of benzene rings is 2. The van der Waals surface area contributed by atoms with Gasteiger partial charge in [-0.2, -0.15) is 0 Å². The second-order valence-corrected chi connectivity index (χ2v) is 8.46. The van der Waals surface area contributed by atoms with Crippen molar-refractivity contribution < 1.29 is 4.79 Å². The van der Waals surface area contributed by atoms with Gasteiger partial charge in [0.2, 0.25) is 0 Å². The first-order valence-electron chi connectivity index (χ1n) is 11.7. The minimum atomic E-state index is -0.0573. The highest BCUT2D eigenvalue weighted by Gasteiger charge is 2.25. The van der Waals surface area contributed by atoms with E-state index in [0.717, 1.165) is 50.4 Å². The number of piperidine rings is 1. The summed E-state index contributed by atoms with van der Waals surface area (Å²) in [7, 11) is 1.65. The van der Waals surface area contributed by atoms with Crippen LogP contribution in [0.3, 0.4) is 0 Å². The molecule has 0 radical (unpaired) electrons. The number of hydrogen-bond acceptors (Lipinski definition) is 3. The molecule has 1 aliphatic heterocycles. The maximum atomic E-state index is 11.8. The fourth-order valence-electron chi connectivity index (χ4n) is 4.23. The molecule has 1 fully saturated rings. The Morgan fingerprint density at radius 3 is 2.62 bits per heavy atom. The molecule has 6 heteroatoms. The summed E-state index contributed by atoms with van der Waals surface area (Å²) < 4.78 is 0. The summed E-state index contributed by atoms with van der Waals surface area (Å²) >= 11 is 0. The van der Waals surface area contributed by atoms with Gasteiger partial charge in [0.05, 0.1) is 0 Å². The molecule has 3 N–H and O–H groups in total. The Morgan fingerprint density at radius 2 is 1.91 bits per heavy atom. The van der Waals surface area contributed by atoms with Crippen molar-refractivity contribution in [1.82, 2.24) is 20.9 Å². The molecule has 1 heterocycles. The van der Waals surface area contributed by atoms with E-state index in [1.54, 1.807) is 7.05 Å². The Bertz CT molecular complexity index is 883. The van der Waals surface area contributed by atoms with Crippen LogP contribution in [-0.2, 0) is 13.0 Å². The largest absolute Gasteiger partial charge is 0.357 e. The number of carbonyl (C=O) groups is 1. The van der Waals surface area contributed by atoms with Crippen molar-refractivity contribution in [2.45, 2.75) is 51.7 Å². The van der Waals surface area contributed by atoms with Crippen molar-refractivity contribution in [1.29, 1.82) is 0 Å². The molecule has 0 bridgehead atoms. The van der Waals surface area contributed by atoms with Gasteiger partial charge >= 0.3 is 0 Å². The maximum Gasteiger partial charge on any atom is 0.251 e. The molecule has 3 rings (SSSR count). The van der Waals surface area contributed by atoms with E-state index in [-0.39, 0.29) is 5.91 Å². The van der Waals surface area contributed by atoms with E-state index in [0.29, 0.717) is 24.2 Å². The van der Waals surface area contributed by atoms with Crippen LogP contribution < -0.4 is 16.0 Å². The summed E-state index contributed by atoms with van der Waals surface area (Å²) in [6.45, 7) is 8.02. The van der Waals surface area contributed by atoms with E-state index in [2.05, 4.69) is 65.0 Å². The molecule has 1 aliphatic rings. The third kappa shape index (κ3) is 7.09. The molecule has 172 valence electrons. The van der Waals surface area contributed by atoms with Crippen LogP contribution in [0.2, 0.25) is 0 Å². The van der Waals surface area contributed by atoms with Crippen molar-refractivity contribution in [3.05, 3.63) is 71.3 Å². The predicted molar refractivity (Wildman–Crippen MR) is 132 cm³/mol. The molecule has 2 unspecified atom stereocenters. The fourth-order valence-corrected chi connectivity index (χ4v) is 4.23. The molecule has 2 aromatic rings. The van der Waals surface area contributed by atoms with Crippen LogP contribution in [0.25, 0.3) is 0 Å². The molecule has 0 aromatic heterocycles. The molecular formula is C26H37N5O. The summed E-state index contributed by atoms with van der Waals surface area (Å²) in [4.78, 5) is 19.2. The number of hydrogen-bond donors (Lipinski definition) is 3. The predicted octanol–water partition coefficient (Wildman–Crippen LogP) is 3.20. The normalized spacial score (nSPS) is 19.4. The standard InChI is InChI=1S/C26H37N5O/c1-4-28-26(29-15-13-21-11-8-12-23(18-21)25(32)27-3)30-24-14-16-31(20(2)17-24)19-22-9-6-5-7-10-22/h5-12,18,20,24H,4,13-17,19H2,1-3H3,(H,27,32)(H2,28,29,30). The first-order valence-corrected chi connectivity index (χ1v) is 11.7. The summed E-state index contributed by atoms with van der Waals surface area (Å²) in [6.07, 6.45) is 3.01. The van der Waals surface area contributed by atoms with E-state index < -0.39 is 0 Å². The second kappa shape index (κ2) is 12.2. The number of nitrogens with zero attached hydrogens (tertiary/aromatic N) is 2. The molecule has 32 heavy (non-hydrogen) atoms. The van der Waals surface area contributed by atoms with Crippen molar-refractivity contribution >= 4 is 11.9 Å². The summed E-state index contributed by atoms with van der Waals surface area (Å²) in [5.74, 6) is 0.821. The number of nitrogens with one attached hydrogen (secondary N) is 3. The lowest BCUT2D eigenvalue weighted by atomic mass is 9.97. The van der Waals surface area contributed by atoms with Crippen molar-refractivity contribution in [3.63, 3.8) is 0 Å². The number of rotatable bonds is 8. The van der Waals surface area contributed by atoms with Crippen LogP contribution in [0.5, 0.6) is 0 Å². The summed E-state index contributed by atoms with van der Waals surface area (Å²) in [6, 6.07) is 19.4. The zero-order valence-electron chi connectivity index (χ0n) is 19.6. The Hall–Kier alpha value is -2.86. The molecule has 6 nitrogen and oxygen atoms in total. The van der Waals surface area contributed by atoms with Crippen LogP contribution >= 0.6 is 0 Å². The van der Waals surface area contributed by atoms with Crippen LogP contribution in [0.15, 0.2) is 59.6 Å². The average Bonchev–Trinajstić information content (AvgIpc) is 2.81. The summed E-state index contributed by atoms with van der Waals surface area (Å²) in [5.41, 5.74) is 3.19. The highest BCUT2D eigenvalue weighted by molar-refractivity contribution is 5.94. The Morgan fingerprint density at radius 1 is 1.12 bits per heavy atom. The molecule has 1 saturated heterocycles. The fraction of sp³-hybridized carbons (Fsp3) is 0.462. The number of amides is 1. The average molecular weight is 436 g/mol. The number of aliphatic imine (C=N–C) groups is 1. The maximum absolute atomic E-state index is 11.8. The smallest absolute Gasteiger partial charge is 0.251 e. The molecule has 0 spiro atoms. The second-order valence-electron chi connectivity index (χ2n) is 8.46. The van der Waals surface area contributed by atoms with Crippen LogP contribution in [0.4, 0.5) is 0 Å². The molecular weight excluding hydrogens is 398 g/mol. The molecule has 0 saturated carbocycles. The van der Waals surface area contributed by atoms with Gasteiger partial charge in [0, 0.05) is 50.9 Å². The van der Waals surface area contributed by atoms with Gasteiger partial charge in [-0.05, 0) is 56.4 Å². The van der Waals surface area contributed by atoms with Gasteiger partial charge in [0.1, 0.15) is 0 Å². The van der Waals surface area contributed by atoms with Crippen LogP contribution in [0, 0.1) is 0 Å². The molecule has 2 aromatic carbocycles. The van der Waals surface area contributed by atoms with Crippen LogP contribution in [-0.4, -0.2) is 55.5 Å². The minimum absolute atomic E-state index is 0.0573. The summed E-state index contributed by atoms with van der Waals surface area (Å²) in [5, 5.41) is 9.70. The van der Waals surface area contributed by atoms with E-state index in [1.165, 1.54) is 5.56 Å². The number of guanidine groups is 1. The lowest BCUT2D eigenvalue weighted by molar-refractivity contribution is 0.0963. The van der Waals surface area contributed by atoms with Crippen molar-refractivity contribution in [3.8, 4) is 0 Å². The van der Waals surface area contributed by atoms with Crippen molar-refractivity contribution in [2.24, 2.45) is 4.99 Å². The Labute approximate surface area is 192 Å². The highest BCUT2D eigenvalue weighted by atomic mass is 16.1. The van der Waals surface area contributed by atoms with E-state index in [4.69, 9.17) is 4.99 Å². The lowest BCUT2D eigenvalue weighted by Gasteiger charge is -2.38. The van der Waals surface area contributed by atoms with Crippen molar-refractivity contribution in [2.75, 3.05) is 26.7 Å². The first-order chi connectivity index (χ1) is 15.6. The van der Waals surface area contributed by atoms with E-state index in [9.17, 15) is 4.79 Å². The number of likely N-dealkylation sites (tertiary alicyclic amines) is 1. The quantitative estimate of drug-likeness (QED) is 0.440. The van der Waals surface area contributed by atoms with E-state index >= 15 is 0 Å². The number of carbonyl (C=O) groups excluding carboxylic acids is 1. The van der Waals surface area contributed by atoms with Gasteiger partial charge in [-0.3, -0.25) is 14.7 Å². The third-order valence-electron chi connectivity index (χ3n) is 6.01. The molecule has 2 atom stereocenters. The molecule has 0 aliphatic carbocycles. The SMILES string of the molecule is CCNC(=NCCc1cccc(C(=O)NC)c1)NC1CCN(Cc2ccccc2)C(C)C1. The van der Waals surface area contributed by atoms with E-state index in [1.807, 2.05) is 24.3 Å².